The van der Waals surface area contributed by atoms with Gasteiger partial charge >= 0.3 is 0 Å². The summed E-state index contributed by atoms with van der Waals surface area (Å²) in [5.41, 5.74) is 1.51. The summed E-state index contributed by atoms with van der Waals surface area (Å²) in [5.74, 6) is 0. The number of unbranched alkanes of at least 4 members (excludes halogenated alkanes) is 7. The number of hydrogen-bond donors (Lipinski definition) is 0. The largest absolute Gasteiger partial charge is 1.00 e. The molecule has 1 rings (SSSR count). The molecule has 1 aromatic rings. The lowest BCUT2D eigenvalue weighted by Gasteiger charge is -2.39. The minimum Gasteiger partial charge on any atom is -1.00 e. The van der Waals surface area contributed by atoms with Crippen LogP contribution in [-0.2, 0) is 6.54 Å². The molecule has 0 radical (unpaired) electrons. The number of quaternary nitrogens is 1. The molecule has 0 aliphatic carbocycles. The van der Waals surface area contributed by atoms with Crippen LogP contribution in [0, 0.1) is 0 Å². The first-order valence-corrected chi connectivity index (χ1v) is 10.7. The Kier molecular flexibility index (Phi) is 15.4. The summed E-state index contributed by atoms with van der Waals surface area (Å²) in [6.07, 6.45) is 14.0. The SMILES string of the molecule is CCCCCCCCCC[N+](CCC)(CCC)Cc1ccccc1.[Cl-]. The summed E-state index contributed by atoms with van der Waals surface area (Å²) in [4.78, 5) is 0. The Morgan fingerprint density at radius 1 is 0.600 bits per heavy atom. The van der Waals surface area contributed by atoms with Crippen LogP contribution in [0.4, 0.5) is 0 Å². The molecular weight excluding hydrogens is 326 g/mol. The molecule has 0 saturated heterocycles. The van der Waals surface area contributed by atoms with Crippen molar-refractivity contribution >= 4 is 0 Å². The van der Waals surface area contributed by atoms with E-state index in [1.54, 1.807) is 0 Å². The normalized spacial score (nSPS) is 11.3. The van der Waals surface area contributed by atoms with Gasteiger partial charge < -0.3 is 16.9 Å². The first-order valence-electron chi connectivity index (χ1n) is 10.7. The molecule has 2 heteroatoms. The van der Waals surface area contributed by atoms with Gasteiger partial charge in [0.05, 0.1) is 19.6 Å². The molecule has 0 aromatic heterocycles. The van der Waals surface area contributed by atoms with E-state index in [4.69, 9.17) is 0 Å². The quantitative estimate of drug-likeness (QED) is 0.325. The molecule has 1 aromatic carbocycles. The van der Waals surface area contributed by atoms with Crippen molar-refractivity contribution in [2.75, 3.05) is 19.6 Å². The van der Waals surface area contributed by atoms with Gasteiger partial charge in [0, 0.05) is 5.56 Å². The third-order valence-electron chi connectivity index (χ3n) is 5.24. The molecule has 0 fully saturated rings. The molecule has 0 bridgehead atoms. The predicted octanol–water partition coefficient (Wildman–Crippen LogP) is 3.97. The smallest absolute Gasteiger partial charge is 0.104 e. The summed E-state index contributed by atoms with van der Waals surface area (Å²) in [7, 11) is 0. The molecule has 0 amide bonds. The maximum absolute atomic E-state index is 2.35. The van der Waals surface area contributed by atoms with E-state index in [1.165, 1.54) is 100 Å². The second-order valence-electron chi connectivity index (χ2n) is 7.63. The highest BCUT2D eigenvalue weighted by Gasteiger charge is 2.25. The average Bonchev–Trinajstić information content (AvgIpc) is 2.59. The van der Waals surface area contributed by atoms with Crippen LogP contribution in [0.1, 0.15) is 90.5 Å². The fraction of sp³-hybridized carbons (Fsp3) is 0.739. The summed E-state index contributed by atoms with van der Waals surface area (Å²) >= 11 is 0. The van der Waals surface area contributed by atoms with Crippen molar-refractivity contribution < 1.29 is 16.9 Å². The molecule has 0 aliphatic rings. The van der Waals surface area contributed by atoms with Gasteiger partial charge in [-0.1, -0.05) is 89.6 Å². The minimum atomic E-state index is 0. The highest BCUT2D eigenvalue weighted by molar-refractivity contribution is 5.13. The molecule has 0 N–H and O–H groups in total. The monoisotopic (exact) mass is 367 g/mol. The van der Waals surface area contributed by atoms with Gasteiger partial charge in [-0.3, -0.25) is 0 Å². The number of nitrogens with zero attached hydrogens (tertiary/aromatic N) is 1. The van der Waals surface area contributed by atoms with E-state index in [9.17, 15) is 0 Å². The van der Waals surface area contributed by atoms with Gasteiger partial charge in [-0.2, -0.15) is 0 Å². The third-order valence-corrected chi connectivity index (χ3v) is 5.24. The molecule has 0 atom stereocenters. The standard InChI is InChI=1S/C23H42N.ClH/c1-4-7-8-9-10-11-12-16-21-24(19-5-2,20-6-3)22-23-17-14-13-15-18-23;/h13-15,17-18H,4-12,16,19-22H2,1-3H3;1H/q+1;/p-1. The Labute approximate surface area is 164 Å². The molecular formula is C23H42ClN. The number of halogens is 1. The van der Waals surface area contributed by atoms with Crippen LogP contribution in [0.5, 0.6) is 0 Å². The molecule has 0 unspecified atom stereocenters. The Hall–Kier alpha value is -0.530. The van der Waals surface area contributed by atoms with Crippen LogP contribution in [0.2, 0.25) is 0 Å². The van der Waals surface area contributed by atoms with E-state index in [-0.39, 0.29) is 12.4 Å². The van der Waals surface area contributed by atoms with Crippen molar-refractivity contribution in [3.63, 3.8) is 0 Å². The van der Waals surface area contributed by atoms with E-state index in [1.807, 2.05) is 0 Å². The molecule has 0 heterocycles. The van der Waals surface area contributed by atoms with Crippen LogP contribution < -0.4 is 12.4 Å². The van der Waals surface area contributed by atoms with E-state index in [0.717, 1.165) is 0 Å². The van der Waals surface area contributed by atoms with Crippen molar-refractivity contribution in [2.24, 2.45) is 0 Å². The first-order chi connectivity index (χ1) is 11.8. The molecule has 0 aliphatic heterocycles. The average molecular weight is 368 g/mol. The maximum atomic E-state index is 2.35. The number of benzene rings is 1. The molecule has 1 nitrogen and oxygen atoms in total. The van der Waals surface area contributed by atoms with Crippen molar-refractivity contribution in [3.8, 4) is 0 Å². The predicted molar refractivity (Wildman–Crippen MR) is 108 cm³/mol. The van der Waals surface area contributed by atoms with E-state index in [2.05, 4.69) is 51.1 Å². The van der Waals surface area contributed by atoms with Crippen LogP contribution in [-0.4, -0.2) is 24.1 Å². The zero-order valence-electron chi connectivity index (χ0n) is 17.1. The molecule has 0 spiro atoms. The zero-order chi connectivity index (χ0) is 17.5. The van der Waals surface area contributed by atoms with Gasteiger partial charge in [-0.05, 0) is 25.7 Å². The second kappa shape index (κ2) is 15.7. The van der Waals surface area contributed by atoms with Crippen LogP contribution >= 0.6 is 0 Å². The Morgan fingerprint density at radius 2 is 1.12 bits per heavy atom. The fourth-order valence-corrected chi connectivity index (χ4v) is 4.07. The first kappa shape index (κ1) is 24.5. The summed E-state index contributed by atoms with van der Waals surface area (Å²) in [6.45, 7) is 12.2. The van der Waals surface area contributed by atoms with Gasteiger partial charge in [0.25, 0.3) is 0 Å². The lowest BCUT2D eigenvalue weighted by Crippen LogP contribution is -3.00. The summed E-state index contributed by atoms with van der Waals surface area (Å²) in [6, 6.07) is 11.1. The third kappa shape index (κ3) is 10.9. The van der Waals surface area contributed by atoms with Gasteiger partial charge in [0.1, 0.15) is 6.54 Å². The summed E-state index contributed by atoms with van der Waals surface area (Å²) < 4.78 is 1.30. The van der Waals surface area contributed by atoms with Gasteiger partial charge in [-0.25, -0.2) is 0 Å². The number of rotatable bonds is 15. The van der Waals surface area contributed by atoms with Crippen LogP contribution in [0.25, 0.3) is 0 Å². The molecule has 25 heavy (non-hydrogen) atoms. The number of hydrogen-bond acceptors (Lipinski definition) is 0. The fourth-order valence-electron chi connectivity index (χ4n) is 4.07. The van der Waals surface area contributed by atoms with E-state index < -0.39 is 0 Å². The molecule has 0 saturated carbocycles. The van der Waals surface area contributed by atoms with E-state index >= 15 is 0 Å². The second-order valence-corrected chi connectivity index (χ2v) is 7.63. The molecule has 146 valence electrons. The maximum Gasteiger partial charge on any atom is 0.104 e. The zero-order valence-corrected chi connectivity index (χ0v) is 17.9. The Balaban J connectivity index is 0.00000576. The van der Waals surface area contributed by atoms with Crippen LogP contribution in [0.3, 0.4) is 0 Å². The lowest BCUT2D eigenvalue weighted by molar-refractivity contribution is -0.941. The summed E-state index contributed by atoms with van der Waals surface area (Å²) in [5, 5.41) is 0. The lowest BCUT2D eigenvalue weighted by atomic mass is 10.1. The van der Waals surface area contributed by atoms with Crippen molar-refractivity contribution in [3.05, 3.63) is 35.9 Å². The van der Waals surface area contributed by atoms with Gasteiger partial charge in [0.2, 0.25) is 0 Å². The van der Waals surface area contributed by atoms with Crippen molar-refractivity contribution in [1.82, 2.24) is 0 Å². The Morgan fingerprint density at radius 3 is 1.64 bits per heavy atom. The van der Waals surface area contributed by atoms with E-state index in [0.29, 0.717) is 0 Å². The van der Waals surface area contributed by atoms with Gasteiger partial charge in [0.15, 0.2) is 0 Å². The van der Waals surface area contributed by atoms with Crippen LogP contribution in [0.15, 0.2) is 30.3 Å². The highest BCUT2D eigenvalue weighted by Crippen LogP contribution is 2.19. The Bertz CT molecular complexity index is 384. The topological polar surface area (TPSA) is 0 Å². The minimum absolute atomic E-state index is 0. The van der Waals surface area contributed by atoms with Gasteiger partial charge in [-0.15, -0.1) is 0 Å². The highest BCUT2D eigenvalue weighted by atomic mass is 35.5. The van der Waals surface area contributed by atoms with Crippen molar-refractivity contribution in [1.29, 1.82) is 0 Å². The van der Waals surface area contributed by atoms with Crippen molar-refractivity contribution in [2.45, 2.75) is 91.5 Å².